The van der Waals surface area contributed by atoms with Crippen molar-refractivity contribution >= 4 is 28.3 Å². The Hall–Kier alpha value is -0.550. The van der Waals surface area contributed by atoms with Gasteiger partial charge in [-0.1, -0.05) is 25.6 Å². The van der Waals surface area contributed by atoms with Crippen LogP contribution >= 0.6 is 23.1 Å². The van der Waals surface area contributed by atoms with Crippen molar-refractivity contribution in [3.63, 3.8) is 0 Å². The normalized spacial score (nSPS) is 23.0. The highest BCUT2D eigenvalue weighted by Crippen LogP contribution is 2.20. The average molecular weight is 255 g/mol. The summed E-state index contributed by atoms with van der Waals surface area (Å²) in [5.41, 5.74) is 2.99. The molecule has 0 radical (unpaired) electrons. The number of aromatic nitrogens is 1. The Bertz CT molecular complexity index is 384. The largest absolute Gasteiger partial charge is 0.361 e. The van der Waals surface area contributed by atoms with Crippen molar-refractivity contribution in [3.05, 3.63) is 16.1 Å². The molecule has 88 valence electrons. The summed E-state index contributed by atoms with van der Waals surface area (Å²) in [6.07, 6.45) is 0. The Balaban J connectivity index is 1.92. The van der Waals surface area contributed by atoms with E-state index in [1.54, 1.807) is 11.3 Å². The molecule has 0 saturated carbocycles. The number of rotatable bonds is 3. The van der Waals surface area contributed by atoms with Crippen LogP contribution in [0.3, 0.4) is 0 Å². The lowest BCUT2D eigenvalue weighted by atomic mass is 10.1. The smallest absolute Gasteiger partial charge is 0.157 e. The number of thiazole rings is 1. The Labute approximate surface area is 105 Å². The van der Waals surface area contributed by atoms with E-state index in [0.717, 1.165) is 23.2 Å². The first-order valence-corrected chi connectivity index (χ1v) is 7.36. The third-order valence-electron chi connectivity index (χ3n) is 2.72. The lowest BCUT2D eigenvalue weighted by molar-refractivity contribution is 0.503. The molecule has 1 fully saturated rings. The van der Waals surface area contributed by atoms with Gasteiger partial charge in [0.25, 0.3) is 0 Å². The van der Waals surface area contributed by atoms with Gasteiger partial charge in [0.05, 0.1) is 17.7 Å². The van der Waals surface area contributed by atoms with Crippen molar-refractivity contribution in [1.29, 1.82) is 0 Å². The molecular weight excluding hydrogens is 238 g/mol. The topological polar surface area (TPSA) is 37.3 Å². The fraction of sp³-hybridized carbons (Fsp3) is 0.636. The van der Waals surface area contributed by atoms with Crippen molar-refractivity contribution in [1.82, 2.24) is 10.3 Å². The van der Waals surface area contributed by atoms with E-state index in [1.807, 2.05) is 24.2 Å². The second-order valence-electron chi connectivity index (χ2n) is 4.29. The summed E-state index contributed by atoms with van der Waals surface area (Å²) in [5, 5.41) is 4.56. The second kappa shape index (κ2) is 5.19. The molecular formula is C11H17N3S2. The van der Waals surface area contributed by atoms with Crippen LogP contribution in [0.15, 0.2) is 10.5 Å². The van der Waals surface area contributed by atoms with Crippen LogP contribution < -0.4 is 5.32 Å². The number of hydrogen-bond donors (Lipinski definition) is 1. The van der Waals surface area contributed by atoms with Gasteiger partial charge in [0.1, 0.15) is 0 Å². The SMILES string of the molecule is Cc1ncsc1CN=C1N[C@@H](C(C)C)CS1. The number of nitrogens with one attached hydrogen (secondary N) is 1. The molecule has 1 aliphatic heterocycles. The lowest BCUT2D eigenvalue weighted by Crippen LogP contribution is -2.31. The Morgan fingerprint density at radius 2 is 2.44 bits per heavy atom. The highest BCUT2D eigenvalue weighted by atomic mass is 32.2. The first kappa shape index (κ1) is 11.9. The van der Waals surface area contributed by atoms with Gasteiger partial charge < -0.3 is 5.32 Å². The third kappa shape index (κ3) is 2.77. The van der Waals surface area contributed by atoms with Crippen LogP contribution in [-0.2, 0) is 6.54 Å². The van der Waals surface area contributed by atoms with Crippen molar-refractivity contribution in [2.24, 2.45) is 10.9 Å². The van der Waals surface area contributed by atoms with E-state index in [1.165, 1.54) is 4.88 Å². The maximum Gasteiger partial charge on any atom is 0.157 e. The van der Waals surface area contributed by atoms with E-state index < -0.39 is 0 Å². The second-order valence-corrected chi connectivity index (χ2v) is 6.24. The fourth-order valence-electron chi connectivity index (χ4n) is 1.48. The number of aliphatic imine (C=N–C) groups is 1. The van der Waals surface area contributed by atoms with Crippen LogP contribution in [0.4, 0.5) is 0 Å². The summed E-state index contributed by atoms with van der Waals surface area (Å²) in [7, 11) is 0. The number of hydrogen-bond acceptors (Lipinski definition) is 4. The summed E-state index contributed by atoms with van der Waals surface area (Å²) < 4.78 is 0. The van der Waals surface area contributed by atoms with Gasteiger partial charge in [0, 0.05) is 16.7 Å². The Morgan fingerprint density at radius 3 is 3.00 bits per heavy atom. The van der Waals surface area contributed by atoms with Gasteiger partial charge in [0.2, 0.25) is 0 Å². The summed E-state index contributed by atoms with van der Waals surface area (Å²) in [5.74, 6) is 1.81. The van der Waals surface area contributed by atoms with Gasteiger partial charge in [-0.3, -0.25) is 4.99 Å². The molecule has 0 aliphatic carbocycles. The highest BCUT2D eigenvalue weighted by molar-refractivity contribution is 8.14. The zero-order valence-corrected chi connectivity index (χ0v) is 11.5. The molecule has 3 nitrogen and oxygen atoms in total. The predicted molar refractivity (Wildman–Crippen MR) is 72.2 cm³/mol. The van der Waals surface area contributed by atoms with E-state index in [4.69, 9.17) is 0 Å². The minimum absolute atomic E-state index is 0.575. The molecule has 1 aliphatic rings. The monoisotopic (exact) mass is 255 g/mol. The molecule has 16 heavy (non-hydrogen) atoms. The minimum atomic E-state index is 0.575. The van der Waals surface area contributed by atoms with Crippen LogP contribution in [0.5, 0.6) is 0 Å². The third-order valence-corrected chi connectivity index (χ3v) is 4.69. The molecule has 0 amide bonds. The van der Waals surface area contributed by atoms with Gasteiger partial charge in [0.15, 0.2) is 5.17 Å². The van der Waals surface area contributed by atoms with Gasteiger partial charge in [-0.15, -0.1) is 11.3 Å². The van der Waals surface area contributed by atoms with Crippen LogP contribution in [0, 0.1) is 12.8 Å². The summed E-state index contributed by atoms with van der Waals surface area (Å²) >= 11 is 3.51. The van der Waals surface area contributed by atoms with Crippen molar-refractivity contribution < 1.29 is 0 Å². The van der Waals surface area contributed by atoms with E-state index >= 15 is 0 Å². The standard InChI is InChI=1S/C11H17N3S2/c1-7(2)9-5-15-11(14-9)12-4-10-8(3)13-6-16-10/h6-7,9H,4-5H2,1-3H3,(H,12,14)/t9-/m1/s1. The van der Waals surface area contributed by atoms with E-state index in [0.29, 0.717) is 12.0 Å². The van der Waals surface area contributed by atoms with E-state index in [2.05, 4.69) is 29.1 Å². The maximum atomic E-state index is 4.60. The van der Waals surface area contributed by atoms with Gasteiger partial charge in [-0.2, -0.15) is 0 Å². The van der Waals surface area contributed by atoms with Crippen LogP contribution in [0.1, 0.15) is 24.4 Å². The molecule has 0 unspecified atom stereocenters. The quantitative estimate of drug-likeness (QED) is 0.902. The molecule has 2 heterocycles. The summed E-state index contributed by atoms with van der Waals surface area (Å²) in [6, 6.07) is 0.575. The molecule has 2 rings (SSSR count). The zero-order chi connectivity index (χ0) is 11.5. The number of aryl methyl sites for hydroxylation is 1. The van der Waals surface area contributed by atoms with Gasteiger partial charge in [-0.05, 0) is 12.8 Å². The van der Waals surface area contributed by atoms with Crippen molar-refractivity contribution in [2.45, 2.75) is 33.4 Å². The Morgan fingerprint density at radius 1 is 1.62 bits per heavy atom. The average Bonchev–Trinajstić information content (AvgIpc) is 2.83. The predicted octanol–water partition coefficient (Wildman–Crippen LogP) is 2.67. The van der Waals surface area contributed by atoms with Crippen LogP contribution in [0.2, 0.25) is 0 Å². The van der Waals surface area contributed by atoms with Crippen LogP contribution in [-0.4, -0.2) is 21.9 Å². The molecule has 1 atom stereocenters. The van der Waals surface area contributed by atoms with Gasteiger partial charge in [-0.25, -0.2) is 4.98 Å². The zero-order valence-electron chi connectivity index (χ0n) is 9.86. The molecule has 1 aromatic heterocycles. The molecule has 0 aromatic carbocycles. The first-order valence-electron chi connectivity index (χ1n) is 5.49. The summed E-state index contributed by atoms with van der Waals surface area (Å²) in [6.45, 7) is 7.29. The fourth-order valence-corrected chi connectivity index (χ4v) is 3.38. The number of thioether (sulfide) groups is 1. The van der Waals surface area contributed by atoms with Crippen LogP contribution in [0.25, 0.3) is 0 Å². The highest BCUT2D eigenvalue weighted by Gasteiger charge is 2.22. The Kier molecular flexibility index (Phi) is 3.86. The molecule has 1 saturated heterocycles. The summed E-state index contributed by atoms with van der Waals surface area (Å²) in [4.78, 5) is 10.1. The maximum absolute atomic E-state index is 4.60. The first-order chi connectivity index (χ1) is 7.66. The van der Waals surface area contributed by atoms with Crippen molar-refractivity contribution in [2.75, 3.05) is 5.75 Å². The lowest BCUT2D eigenvalue weighted by Gasteiger charge is -2.12. The number of nitrogens with zero attached hydrogens (tertiary/aromatic N) is 2. The van der Waals surface area contributed by atoms with Gasteiger partial charge >= 0.3 is 0 Å². The van der Waals surface area contributed by atoms with E-state index in [9.17, 15) is 0 Å². The molecule has 1 N–H and O–H groups in total. The minimum Gasteiger partial charge on any atom is -0.361 e. The molecule has 1 aromatic rings. The molecule has 0 spiro atoms. The van der Waals surface area contributed by atoms with Crippen molar-refractivity contribution in [3.8, 4) is 0 Å². The van der Waals surface area contributed by atoms with E-state index in [-0.39, 0.29) is 0 Å². The molecule has 5 heteroatoms. The number of amidine groups is 1. The molecule has 0 bridgehead atoms.